The summed E-state index contributed by atoms with van der Waals surface area (Å²) in [7, 11) is 1.58. The number of thioether (sulfide) groups is 1. The predicted molar refractivity (Wildman–Crippen MR) is 141 cm³/mol. The summed E-state index contributed by atoms with van der Waals surface area (Å²) in [5.41, 5.74) is 2.35. The summed E-state index contributed by atoms with van der Waals surface area (Å²) >= 11 is 2.90. The summed E-state index contributed by atoms with van der Waals surface area (Å²) in [6.45, 7) is 2.51. The van der Waals surface area contributed by atoms with E-state index in [1.165, 1.54) is 16.6 Å². The van der Waals surface area contributed by atoms with Crippen molar-refractivity contribution in [2.45, 2.75) is 37.8 Å². The van der Waals surface area contributed by atoms with Gasteiger partial charge < -0.3 is 9.47 Å². The molecule has 4 aromatic rings. The molecule has 0 atom stereocenters. The highest BCUT2D eigenvalue weighted by molar-refractivity contribution is 7.99. The van der Waals surface area contributed by atoms with Crippen molar-refractivity contribution < 1.29 is 14.3 Å². The van der Waals surface area contributed by atoms with Crippen molar-refractivity contribution in [2.24, 2.45) is 0 Å². The van der Waals surface area contributed by atoms with E-state index in [2.05, 4.69) is 0 Å². The second-order valence-corrected chi connectivity index (χ2v) is 10.3. The van der Waals surface area contributed by atoms with Gasteiger partial charge in [0.1, 0.15) is 16.3 Å². The summed E-state index contributed by atoms with van der Waals surface area (Å²) in [6.07, 6.45) is 4.14. The van der Waals surface area contributed by atoms with E-state index in [-0.39, 0.29) is 17.1 Å². The van der Waals surface area contributed by atoms with Gasteiger partial charge in [0.05, 0.1) is 30.5 Å². The number of hydrogen-bond acceptors (Lipinski definition) is 7. The average Bonchev–Trinajstić information content (AvgIpc) is 3.27. The molecule has 0 saturated heterocycles. The number of nitrogens with zero attached hydrogens (tertiary/aromatic N) is 2. The van der Waals surface area contributed by atoms with Crippen LogP contribution in [-0.2, 0) is 12.8 Å². The lowest BCUT2D eigenvalue weighted by Crippen LogP contribution is -2.22. The molecule has 1 aliphatic carbocycles. The third-order valence-electron chi connectivity index (χ3n) is 6.09. The minimum absolute atomic E-state index is 0.0491. The first-order valence-electron chi connectivity index (χ1n) is 11.7. The third-order valence-corrected chi connectivity index (χ3v) is 8.21. The lowest BCUT2D eigenvalue weighted by Gasteiger charge is -2.14. The van der Waals surface area contributed by atoms with Crippen molar-refractivity contribution in [1.82, 2.24) is 9.55 Å². The molecule has 2 heterocycles. The van der Waals surface area contributed by atoms with Crippen LogP contribution >= 0.6 is 23.1 Å². The molecule has 0 fully saturated rings. The first kappa shape index (κ1) is 23.6. The highest BCUT2D eigenvalue weighted by Gasteiger charge is 2.23. The molecule has 0 N–H and O–H groups in total. The number of benzene rings is 2. The van der Waals surface area contributed by atoms with Crippen molar-refractivity contribution in [1.29, 1.82) is 0 Å². The zero-order valence-electron chi connectivity index (χ0n) is 19.7. The Morgan fingerprint density at radius 1 is 1.11 bits per heavy atom. The monoisotopic (exact) mass is 506 g/mol. The van der Waals surface area contributed by atoms with Gasteiger partial charge in [-0.05, 0) is 74.6 Å². The molecule has 8 heteroatoms. The van der Waals surface area contributed by atoms with Crippen molar-refractivity contribution in [3.63, 3.8) is 0 Å². The molecule has 180 valence electrons. The van der Waals surface area contributed by atoms with E-state index >= 15 is 0 Å². The number of hydrogen-bond donors (Lipinski definition) is 0. The maximum absolute atomic E-state index is 13.9. The standard InChI is InChI=1S/C27H26N2O4S2/c1-3-33-19-13-11-18(12-14-19)29-26(31)24-21-9-4-5-10-23(21)35-25(24)28-27(29)34-16-22(30)17-7-6-8-20(15-17)32-2/h6-8,11-15H,3-5,9-10,16H2,1-2H3. The molecule has 0 aliphatic heterocycles. The minimum atomic E-state index is -0.0742. The number of carbonyl (C=O) groups is 1. The lowest BCUT2D eigenvalue weighted by molar-refractivity contribution is 0.102. The Bertz CT molecular complexity index is 1440. The minimum Gasteiger partial charge on any atom is -0.497 e. The maximum Gasteiger partial charge on any atom is 0.267 e. The van der Waals surface area contributed by atoms with E-state index < -0.39 is 0 Å². The molecule has 0 saturated carbocycles. The quantitative estimate of drug-likeness (QED) is 0.173. The van der Waals surface area contributed by atoms with Crippen LogP contribution in [0.25, 0.3) is 15.9 Å². The Kier molecular flexibility index (Phi) is 6.92. The zero-order chi connectivity index (χ0) is 24.4. The van der Waals surface area contributed by atoms with Gasteiger partial charge in [0, 0.05) is 10.4 Å². The lowest BCUT2D eigenvalue weighted by atomic mass is 9.97. The maximum atomic E-state index is 13.9. The van der Waals surface area contributed by atoms with Crippen LogP contribution in [0.1, 0.15) is 40.6 Å². The van der Waals surface area contributed by atoms with Gasteiger partial charge in [-0.1, -0.05) is 23.9 Å². The number of rotatable bonds is 8. The summed E-state index contributed by atoms with van der Waals surface area (Å²) in [4.78, 5) is 33.8. The third kappa shape index (κ3) is 4.73. The normalized spacial score (nSPS) is 13.0. The summed E-state index contributed by atoms with van der Waals surface area (Å²) < 4.78 is 12.5. The van der Waals surface area contributed by atoms with Crippen molar-refractivity contribution in [3.05, 3.63) is 74.9 Å². The van der Waals surface area contributed by atoms with Gasteiger partial charge in [0.25, 0.3) is 5.56 Å². The van der Waals surface area contributed by atoms with Crippen LogP contribution in [-0.4, -0.2) is 34.8 Å². The number of carbonyl (C=O) groups excluding carboxylic acids is 1. The molecular formula is C27H26N2O4S2. The van der Waals surface area contributed by atoms with E-state index in [1.54, 1.807) is 41.2 Å². The number of ketones is 1. The Morgan fingerprint density at radius 3 is 2.69 bits per heavy atom. The van der Waals surface area contributed by atoms with E-state index in [0.29, 0.717) is 28.8 Å². The average molecular weight is 507 g/mol. The van der Waals surface area contributed by atoms with Crippen LogP contribution in [0.2, 0.25) is 0 Å². The van der Waals surface area contributed by atoms with Crippen molar-refractivity contribution in [2.75, 3.05) is 19.5 Å². The van der Waals surface area contributed by atoms with Gasteiger partial charge in [-0.2, -0.15) is 0 Å². The van der Waals surface area contributed by atoms with Crippen molar-refractivity contribution in [3.8, 4) is 17.2 Å². The van der Waals surface area contributed by atoms with Crippen LogP contribution in [0.15, 0.2) is 58.5 Å². The predicted octanol–water partition coefficient (Wildman–Crippen LogP) is 5.71. The Labute approximate surface area is 211 Å². The molecule has 5 rings (SSSR count). The van der Waals surface area contributed by atoms with E-state index in [9.17, 15) is 9.59 Å². The SMILES string of the molecule is CCOc1ccc(-n2c(SCC(=O)c3cccc(OC)c3)nc3sc4c(c3c2=O)CCCC4)cc1. The smallest absolute Gasteiger partial charge is 0.267 e. The fourth-order valence-corrected chi connectivity index (χ4v) is 6.59. The Balaban J connectivity index is 1.56. The van der Waals surface area contributed by atoms with Crippen LogP contribution in [0.4, 0.5) is 0 Å². The molecule has 0 spiro atoms. The van der Waals surface area contributed by atoms with Gasteiger partial charge >= 0.3 is 0 Å². The first-order chi connectivity index (χ1) is 17.1. The molecule has 35 heavy (non-hydrogen) atoms. The number of Topliss-reactive ketones (excluding diaryl/α,β-unsaturated/α-hetero) is 1. The molecule has 0 amide bonds. The van der Waals surface area contributed by atoms with Gasteiger partial charge in [-0.15, -0.1) is 11.3 Å². The molecule has 0 bridgehead atoms. The van der Waals surface area contributed by atoms with Crippen molar-refractivity contribution >= 4 is 39.1 Å². The van der Waals surface area contributed by atoms with Gasteiger partial charge in [-0.25, -0.2) is 4.98 Å². The first-order valence-corrected chi connectivity index (χ1v) is 13.5. The number of thiophene rings is 1. The van der Waals surface area contributed by atoms with Crippen LogP contribution < -0.4 is 15.0 Å². The largest absolute Gasteiger partial charge is 0.497 e. The number of ether oxygens (including phenoxy) is 2. The summed E-state index contributed by atoms with van der Waals surface area (Å²) in [5.74, 6) is 1.49. The summed E-state index contributed by atoms with van der Waals surface area (Å²) in [6, 6.07) is 14.6. The Morgan fingerprint density at radius 2 is 1.91 bits per heavy atom. The molecule has 6 nitrogen and oxygen atoms in total. The second kappa shape index (κ2) is 10.3. The molecular weight excluding hydrogens is 480 g/mol. The zero-order valence-corrected chi connectivity index (χ0v) is 21.3. The second-order valence-electron chi connectivity index (χ2n) is 8.30. The molecule has 2 aromatic heterocycles. The van der Waals surface area contributed by atoms with Gasteiger partial charge in [-0.3, -0.25) is 14.2 Å². The molecule has 0 radical (unpaired) electrons. The number of aryl methyl sites for hydroxylation is 2. The fraction of sp³-hybridized carbons (Fsp3) is 0.296. The van der Waals surface area contributed by atoms with E-state index in [1.807, 2.05) is 37.3 Å². The Hall–Kier alpha value is -3.10. The molecule has 1 aliphatic rings. The topological polar surface area (TPSA) is 70.4 Å². The van der Waals surface area contributed by atoms with Crippen LogP contribution in [0.5, 0.6) is 11.5 Å². The van der Waals surface area contributed by atoms with Gasteiger partial charge in [0.2, 0.25) is 0 Å². The highest BCUT2D eigenvalue weighted by Crippen LogP contribution is 2.35. The molecule has 2 aromatic carbocycles. The highest BCUT2D eigenvalue weighted by atomic mass is 32.2. The van der Waals surface area contributed by atoms with Crippen LogP contribution in [0.3, 0.4) is 0 Å². The fourth-order valence-electron chi connectivity index (χ4n) is 4.38. The number of aromatic nitrogens is 2. The number of fused-ring (bicyclic) bond motifs is 3. The van der Waals surface area contributed by atoms with Crippen LogP contribution in [0, 0.1) is 0 Å². The van der Waals surface area contributed by atoms with E-state index in [4.69, 9.17) is 14.5 Å². The summed E-state index contributed by atoms with van der Waals surface area (Å²) in [5, 5.41) is 1.24. The number of methoxy groups -OCH3 is 1. The van der Waals surface area contributed by atoms with Gasteiger partial charge in [0.15, 0.2) is 10.9 Å². The molecule has 0 unspecified atom stereocenters. The van der Waals surface area contributed by atoms with E-state index in [0.717, 1.165) is 47.2 Å².